The van der Waals surface area contributed by atoms with E-state index in [9.17, 15) is 17.6 Å². The minimum atomic E-state index is -4.80. The highest BCUT2D eigenvalue weighted by molar-refractivity contribution is 5.91. The molecule has 1 aliphatic heterocycles. The molecule has 3 aromatic rings. The van der Waals surface area contributed by atoms with Crippen LogP contribution in [-0.2, 0) is 6.18 Å². The van der Waals surface area contributed by atoms with Crippen LogP contribution < -0.4 is 20.7 Å². The quantitative estimate of drug-likeness (QED) is 0.474. The zero-order valence-electron chi connectivity index (χ0n) is 19.9. The first-order valence-corrected chi connectivity index (χ1v) is 12.3. The number of rotatable bonds is 6. The van der Waals surface area contributed by atoms with Crippen LogP contribution in [0.15, 0.2) is 24.5 Å². The van der Waals surface area contributed by atoms with Crippen LogP contribution in [0.4, 0.5) is 29.2 Å². The molecule has 12 heteroatoms. The molecule has 1 atom stereocenters. The van der Waals surface area contributed by atoms with E-state index in [1.165, 1.54) is 0 Å². The molecule has 0 aromatic carbocycles. The Hall–Kier alpha value is -3.15. The topological polar surface area (TPSA) is 94.1 Å². The van der Waals surface area contributed by atoms with Crippen LogP contribution in [0, 0.1) is 5.82 Å². The summed E-state index contributed by atoms with van der Waals surface area (Å²) in [4.78, 5) is 10.4. The number of fused-ring (bicyclic) bond motifs is 1. The Morgan fingerprint density at radius 3 is 2.61 bits per heavy atom. The highest BCUT2D eigenvalue weighted by atomic mass is 19.4. The number of alkyl halides is 3. The zero-order valence-corrected chi connectivity index (χ0v) is 19.9. The molecule has 0 bridgehead atoms. The molecular weight excluding hydrogens is 478 g/mol. The molecule has 194 valence electrons. The van der Waals surface area contributed by atoms with Crippen molar-refractivity contribution in [2.45, 2.75) is 63.4 Å². The summed E-state index contributed by atoms with van der Waals surface area (Å²) >= 11 is 0. The second-order valence-corrected chi connectivity index (χ2v) is 9.40. The van der Waals surface area contributed by atoms with Crippen molar-refractivity contribution in [3.8, 4) is 5.88 Å². The van der Waals surface area contributed by atoms with E-state index < -0.39 is 29.5 Å². The fraction of sp³-hybridized carbons (Fsp3) is 0.542. The third-order valence-corrected chi connectivity index (χ3v) is 6.88. The normalized spacial score (nSPS) is 22.8. The molecule has 8 nitrogen and oxygen atoms in total. The van der Waals surface area contributed by atoms with Gasteiger partial charge in [0.05, 0.1) is 22.5 Å². The SMILES string of the molecule is CCNc1cc2c(cn1)c(N1CC[C@@H](N)C1)nn2C1CCC(Oc2nccc(C(F)(F)F)c2F)CC1. The van der Waals surface area contributed by atoms with Crippen LogP contribution in [0.3, 0.4) is 0 Å². The lowest BCUT2D eigenvalue weighted by molar-refractivity contribution is -0.140. The largest absolute Gasteiger partial charge is 0.472 e. The first kappa shape index (κ1) is 24.5. The molecule has 0 radical (unpaired) electrons. The number of halogens is 4. The van der Waals surface area contributed by atoms with E-state index in [1.54, 1.807) is 0 Å². The highest BCUT2D eigenvalue weighted by Gasteiger charge is 2.37. The Kier molecular flexibility index (Phi) is 6.62. The van der Waals surface area contributed by atoms with E-state index in [4.69, 9.17) is 15.6 Å². The smallest absolute Gasteiger partial charge is 0.419 e. The maximum Gasteiger partial charge on any atom is 0.419 e. The number of pyridine rings is 2. The summed E-state index contributed by atoms with van der Waals surface area (Å²) in [6.45, 7) is 4.31. The molecule has 2 aliphatic rings. The second-order valence-electron chi connectivity index (χ2n) is 9.40. The van der Waals surface area contributed by atoms with E-state index in [0.717, 1.165) is 54.8 Å². The Morgan fingerprint density at radius 2 is 1.94 bits per heavy atom. The predicted octanol–water partition coefficient (Wildman–Crippen LogP) is 4.52. The van der Waals surface area contributed by atoms with Crippen LogP contribution in [0.25, 0.3) is 10.9 Å². The van der Waals surface area contributed by atoms with Gasteiger partial charge in [-0.15, -0.1) is 0 Å². The first-order valence-electron chi connectivity index (χ1n) is 12.3. The van der Waals surface area contributed by atoms with E-state index in [-0.39, 0.29) is 12.1 Å². The molecule has 1 saturated heterocycles. The molecule has 3 N–H and O–H groups in total. The van der Waals surface area contributed by atoms with E-state index in [2.05, 4.69) is 20.2 Å². The third-order valence-electron chi connectivity index (χ3n) is 6.88. The number of ether oxygens (including phenoxy) is 1. The lowest BCUT2D eigenvalue weighted by Gasteiger charge is -2.29. The minimum absolute atomic E-state index is 0.0635. The fourth-order valence-electron chi connectivity index (χ4n) is 5.08. The summed E-state index contributed by atoms with van der Waals surface area (Å²) in [7, 11) is 0. The van der Waals surface area contributed by atoms with Crippen LogP contribution in [0.1, 0.15) is 50.6 Å². The van der Waals surface area contributed by atoms with Crippen molar-refractivity contribution in [3.63, 3.8) is 0 Å². The number of hydrogen-bond donors (Lipinski definition) is 2. The molecule has 0 amide bonds. The number of nitrogens with zero attached hydrogens (tertiary/aromatic N) is 5. The molecular formula is C24H29F4N7O. The first-order chi connectivity index (χ1) is 17.2. The van der Waals surface area contributed by atoms with Crippen molar-refractivity contribution in [2.75, 3.05) is 29.9 Å². The van der Waals surface area contributed by atoms with Gasteiger partial charge in [-0.1, -0.05) is 0 Å². The Bertz CT molecular complexity index is 1220. The number of nitrogens with one attached hydrogen (secondary N) is 1. The summed E-state index contributed by atoms with van der Waals surface area (Å²) < 4.78 is 61.1. The second kappa shape index (κ2) is 9.72. The predicted molar refractivity (Wildman–Crippen MR) is 128 cm³/mol. The number of anilines is 2. The van der Waals surface area contributed by atoms with Crippen LogP contribution in [-0.4, -0.2) is 51.5 Å². The Labute approximate surface area is 205 Å². The highest BCUT2D eigenvalue weighted by Crippen LogP contribution is 2.38. The minimum Gasteiger partial charge on any atom is -0.472 e. The summed E-state index contributed by atoms with van der Waals surface area (Å²) in [6, 6.07) is 2.78. The van der Waals surface area contributed by atoms with Crippen molar-refractivity contribution >= 4 is 22.5 Å². The van der Waals surface area contributed by atoms with Gasteiger partial charge in [-0.3, -0.25) is 4.68 Å². The van der Waals surface area contributed by atoms with Gasteiger partial charge in [-0.2, -0.15) is 18.3 Å². The van der Waals surface area contributed by atoms with Gasteiger partial charge in [0.2, 0.25) is 0 Å². The average molecular weight is 508 g/mol. The van der Waals surface area contributed by atoms with Crippen molar-refractivity contribution < 1.29 is 22.3 Å². The zero-order chi connectivity index (χ0) is 25.4. The third kappa shape index (κ3) is 4.78. The van der Waals surface area contributed by atoms with Crippen molar-refractivity contribution in [3.05, 3.63) is 35.9 Å². The number of hydrogen-bond acceptors (Lipinski definition) is 7. The summed E-state index contributed by atoms with van der Waals surface area (Å²) in [5, 5.41) is 9.17. The molecule has 2 fully saturated rings. The molecule has 4 heterocycles. The molecule has 1 aliphatic carbocycles. The number of nitrogens with two attached hydrogens (primary N) is 1. The number of aromatic nitrogens is 4. The van der Waals surface area contributed by atoms with E-state index in [0.29, 0.717) is 31.7 Å². The maximum absolute atomic E-state index is 14.4. The summed E-state index contributed by atoms with van der Waals surface area (Å²) in [5.74, 6) is -0.449. The van der Waals surface area contributed by atoms with Gasteiger partial charge < -0.3 is 20.7 Å². The van der Waals surface area contributed by atoms with E-state index in [1.807, 2.05) is 23.9 Å². The van der Waals surface area contributed by atoms with Gasteiger partial charge in [0.15, 0.2) is 11.6 Å². The molecule has 0 spiro atoms. The Balaban J connectivity index is 1.35. The molecule has 5 rings (SSSR count). The van der Waals surface area contributed by atoms with E-state index >= 15 is 0 Å². The van der Waals surface area contributed by atoms with Gasteiger partial charge in [-0.05, 0) is 45.1 Å². The molecule has 1 saturated carbocycles. The van der Waals surface area contributed by atoms with Crippen LogP contribution in [0.5, 0.6) is 5.88 Å². The van der Waals surface area contributed by atoms with Crippen molar-refractivity contribution in [1.82, 2.24) is 19.7 Å². The molecule has 0 unspecified atom stereocenters. The maximum atomic E-state index is 14.4. The van der Waals surface area contributed by atoms with Gasteiger partial charge in [0.1, 0.15) is 11.9 Å². The average Bonchev–Trinajstić information content (AvgIpc) is 3.44. The monoisotopic (exact) mass is 507 g/mol. The van der Waals surface area contributed by atoms with Crippen LogP contribution in [0.2, 0.25) is 0 Å². The standard InChI is InChI=1S/C24H29F4N7O/c1-2-30-20-11-19-17(12-32-20)22(34-10-8-14(29)13-34)33-35(19)15-3-5-16(6-4-15)36-23-21(25)18(7-9-31-23)24(26,27)28/h7,9,11-12,14-16H,2-6,8,10,13,29H2,1H3,(H,30,32)/t14-,15?,16?/m1/s1. The Morgan fingerprint density at radius 1 is 1.17 bits per heavy atom. The van der Waals surface area contributed by atoms with Crippen LogP contribution >= 0.6 is 0 Å². The summed E-state index contributed by atoms with van der Waals surface area (Å²) in [5.41, 5.74) is 5.72. The van der Waals surface area contributed by atoms with Gasteiger partial charge in [-0.25, -0.2) is 14.4 Å². The van der Waals surface area contributed by atoms with Crippen molar-refractivity contribution in [1.29, 1.82) is 0 Å². The summed E-state index contributed by atoms with van der Waals surface area (Å²) in [6.07, 6.45) is 0.873. The van der Waals surface area contributed by atoms with Gasteiger partial charge in [0.25, 0.3) is 5.88 Å². The lowest BCUT2D eigenvalue weighted by Crippen LogP contribution is -2.28. The molecule has 36 heavy (non-hydrogen) atoms. The van der Waals surface area contributed by atoms with Crippen molar-refractivity contribution in [2.24, 2.45) is 5.73 Å². The van der Waals surface area contributed by atoms with Gasteiger partial charge in [0, 0.05) is 44.1 Å². The molecule has 3 aromatic heterocycles. The fourth-order valence-corrected chi connectivity index (χ4v) is 5.08. The lowest BCUT2D eigenvalue weighted by atomic mass is 9.93. The van der Waals surface area contributed by atoms with Gasteiger partial charge >= 0.3 is 6.18 Å².